The largest absolute Gasteiger partial charge is 0.505 e. The second-order valence-corrected chi connectivity index (χ2v) is 4.59. The predicted molar refractivity (Wildman–Crippen MR) is 69.4 cm³/mol. The third kappa shape index (κ3) is 2.67. The highest BCUT2D eigenvalue weighted by Crippen LogP contribution is 2.22. The zero-order chi connectivity index (χ0) is 13.8. The Balaban J connectivity index is 2.16. The van der Waals surface area contributed by atoms with Gasteiger partial charge in [0, 0.05) is 31.6 Å². The number of amides is 1. The van der Waals surface area contributed by atoms with E-state index in [1.807, 2.05) is 6.92 Å². The highest BCUT2D eigenvalue weighted by atomic mass is 16.4. The maximum atomic E-state index is 12.3. The SMILES string of the molecule is CCC1CN(C(=O)c2ccncc2O)CC/C1=N\O. The highest BCUT2D eigenvalue weighted by Gasteiger charge is 2.29. The van der Waals surface area contributed by atoms with Crippen LogP contribution in [0.15, 0.2) is 23.6 Å². The van der Waals surface area contributed by atoms with Crippen molar-refractivity contribution >= 4 is 11.6 Å². The van der Waals surface area contributed by atoms with Crippen LogP contribution in [-0.2, 0) is 0 Å². The van der Waals surface area contributed by atoms with Gasteiger partial charge in [0.2, 0.25) is 0 Å². The van der Waals surface area contributed by atoms with Crippen molar-refractivity contribution < 1.29 is 15.1 Å². The maximum Gasteiger partial charge on any atom is 0.257 e. The lowest BCUT2D eigenvalue weighted by Gasteiger charge is -2.32. The zero-order valence-electron chi connectivity index (χ0n) is 10.8. The molecule has 6 nitrogen and oxygen atoms in total. The topological polar surface area (TPSA) is 86.0 Å². The smallest absolute Gasteiger partial charge is 0.257 e. The second-order valence-electron chi connectivity index (χ2n) is 4.59. The molecule has 2 heterocycles. The Morgan fingerprint density at radius 2 is 2.42 bits per heavy atom. The standard InChI is InChI=1S/C13H17N3O3/c1-2-9-8-16(6-4-11(9)15-19)13(18)10-3-5-14-7-12(10)17/h3,5,7,9,17,19H,2,4,6,8H2,1H3/b15-11+. The van der Waals surface area contributed by atoms with Gasteiger partial charge >= 0.3 is 0 Å². The van der Waals surface area contributed by atoms with Gasteiger partial charge in [0.15, 0.2) is 0 Å². The van der Waals surface area contributed by atoms with Gasteiger partial charge in [-0.15, -0.1) is 0 Å². The number of pyridine rings is 1. The first-order valence-electron chi connectivity index (χ1n) is 6.30. The van der Waals surface area contributed by atoms with E-state index in [-0.39, 0.29) is 23.1 Å². The number of likely N-dealkylation sites (tertiary alicyclic amines) is 1. The average Bonchev–Trinajstić information content (AvgIpc) is 2.46. The molecule has 0 aromatic carbocycles. The van der Waals surface area contributed by atoms with Gasteiger partial charge < -0.3 is 15.2 Å². The molecule has 102 valence electrons. The lowest BCUT2D eigenvalue weighted by molar-refractivity contribution is 0.0726. The van der Waals surface area contributed by atoms with Crippen molar-refractivity contribution in [1.82, 2.24) is 9.88 Å². The van der Waals surface area contributed by atoms with Crippen molar-refractivity contribution in [2.24, 2.45) is 11.1 Å². The monoisotopic (exact) mass is 263 g/mol. The van der Waals surface area contributed by atoms with Crippen molar-refractivity contribution in [3.05, 3.63) is 24.0 Å². The Bertz CT molecular complexity index is 502. The van der Waals surface area contributed by atoms with Crippen LogP contribution in [0.4, 0.5) is 0 Å². The second kappa shape index (κ2) is 5.69. The zero-order valence-corrected chi connectivity index (χ0v) is 10.8. The number of hydrogen-bond donors (Lipinski definition) is 2. The van der Waals surface area contributed by atoms with Gasteiger partial charge in [-0.1, -0.05) is 12.1 Å². The number of carbonyl (C=O) groups is 1. The third-order valence-corrected chi connectivity index (χ3v) is 3.49. The number of piperidine rings is 1. The molecule has 1 aliphatic rings. The van der Waals surface area contributed by atoms with Crippen LogP contribution in [0.5, 0.6) is 5.75 Å². The minimum absolute atomic E-state index is 0.0756. The third-order valence-electron chi connectivity index (χ3n) is 3.49. The Kier molecular flexibility index (Phi) is 3.99. The molecule has 1 aromatic rings. The van der Waals surface area contributed by atoms with Gasteiger partial charge in [-0.25, -0.2) is 0 Å². The van der Waals surface area contributed by atoms with E-state index >= 15 is 0 Å². The van der Waals surface area contributed by atoms with E-state index in [1.165, 1.54) is 18.5 Å². The molecular weight excluding hydrogens is 246 g/mol. The average molecular weight is 263 g/mol. The first-order chi connectivity index (χ1) is 9.17. The van der Waals surface area contributed by atoms with Crippen LogP contribution in [0, 0.1) is 5.92 Å². The number of oxime groups is 1. The molecule has 6 heteroatoms. The van der Waals surface area contributed by atoms with Crippen molar-refractivity contribution in [2.45, 2.75) is 19.8 Å². The molecule has 1 saturated heterocycles. The molecular formula is C13H17N3O3. The Labute approximate surface area is 111 Å². The van der Waals surface area contributed by atoms with Crippen LogP contribution < -0.4 is 0 Å². The van der Waals surface area contributed by atoms with E-state index in [0.717, 1.165) is 12.1 Å². The van der Waals surface area contributed by atoms with Crippen molar-refractivity contribution in [3.63, 3.8) is 0 Å². The molecule has 0 bridgehead atoms. The molecule has 0 aliphatic carbocycles. The van der Waals surface area contributed by atoms with Crippen molar-refractivity contribution in [2.75, 3.05) is 13.1 Å². The normalized spacial score (nSPS) is 21.6. The lowest BCUT2D eigenvalue weighted by atomic mass is 9.93. The van der Waals surface area contributed by atoms with Gasteiger partial charge in [0.25, 0.3) is 5.91 Å². The molecule has 2 N–H and O–H groups in total. The molecule has 1 atom stereocenters. The number of aromatic hydroxyl groups is 1. The van der Waals surface area contributed by atoms with Gasteiger partial charge in [-0.2, -0.15) is 0 Å². The summed E-state index contributed by atoms with van der Waals surface area (Å²) in [5, 5.41) is 21.9. The summed E-state index contributed by atoms with van der Waals surface area (Å²) >= 11 is 0. The number of hydrogen-bond acceptors (Lipinski definition) is 5. The summed E-state index contributed by atoms with van der Waals surface area (Å²) in [7, 11) is 0. The van der Waals surface area contributed by atoms with Crippen LogP contribution in [0.2, 0.25) is 0 Å². The van der Waals surface area contributed by atoms with Crippen LogP contribution >= 0.6 is 0 Å². The van der Waals surface area contributed by atoms with Gasteiger partial charge in [-0.05, 0) is 12.5 Å². The van der Waals surface area contributed by atoms with E-state index in [9.17, 15) is 9.90 Å². The molecule has 1 aromatic heterocycles. The molecule has 1 amide bonds. The Morgan fingerprint density at radius 3 is 3.05 bits per heavy atom. The van der Waals surface area contributed by atoms with E-state index in [1.54, 1.807) is 4.90 Å². The molecule has 0 saturated carbocycles. The molecule has 1 unspecified atom stereocenters. The summed E-state index contributed by atoms with van der Waals surface area (Å²) in [6.07, 6.45) is 4.11. The van der Waals surface area contributed by atoms with Gasteiger partial charge in [0.05, 0.1) is 17.5 Å². The molecule has 1 aliphatic heterocycles. The number of aromatic nitrogens is 1. The summed E-state index contributed by atoms with van der Waals surface area (Å²) in [4.78, 5) is 17.7. The van der Waals surface area contributed by atoms with Crippen LogP contribution in [-0.4, -0.2) is 44.9 Å². The predicted octanol–water partition coefficient (Wildman–Crippen LogP) is 1.49. The molecule has 0 spiro atoms. The fourth-order valence-corrected chi connectivity index (χ4v) is 2.33. The van der Waals surface area contributed by atoms with Crippen LogP contribution in [0.25, 0.3) is 0 Å². The first kappa shape index (κ1) is 13.3. The molecule has 2 rings (SSSR count). The van der Waals surface area contributed by atoms with Crippen molar-refractivity contribution in [1.29, 1.82) is 0 Å². The van der Waals surface area contributed by atoms with E-state index < -0.39 is 0 Å². The molecule has 1 fully saturated rings. The summed E-state index contributed by atoms with van der Waals surface area (Å²) in [5.41, 5.74) is 1.000. The highest BCUT2D eigenvalue weighted by molar-refractivity contribution is 5.98. The summed E-state index contributed by atoms with van der Waals surface area (Å²) in [5.74, 6) is -0.246. The summed E-state index contributed by atoms with van der Waals surface area (Å²) in [6, 6.07) is 1.51. The first-order valence-corrected chi connectivity index (χ1v) is 6.30. The van der Waals surface area contributed by atoms with E-state index in [0.29, 0.717) is 19.5 Å². The fourth-order valence-electron chi connectivity index (χ4n) is 2.33. The number of carbonyl (C=O) groups excluding carboxylic acids is 1. The number of nitrogens with zero attached hydrogens (tertiary/aromatic N) is 3. The Hall–Kier alpha value is -2.11. The minimum atomic E-state index is -0.213. The summed E-state index contributed by atoms with van der Waals surface area (Å²) < 4.78 is 0. The van der Waals surface area contributed by atoms with Gasteiger partial charge in [-0.3, -0.25) is 9.78 Å². The Morgan fingerprint density at radius 1 is 1.63 bits per heavy atom. The van der Waals surface area contributed by atoms with E-state index in [2.05, 4.69) is 10.1 Å². The van der Waals surface area contributed by atoms with Crippen LogP contribution in [0.3, 0.4) is 0 Å². The molecule has 0 radical (unpaired) electrons. The minimum Gasteiger partial charge on any atom is -0.505 e. The van der Waals surface area contributed by atoms with Crippen LogP contribution in [0.1, 0.15) is 30.1 Å². The fraction of sp³-hybridized carbons (Fsp3) is 0.462. The maximum absolute atomic E-state index is 12.3. The summed E-state index contributed by atoms with van der Waals surface area (Å²) in [6.45, 7) is 3.00. The molecule has 19 heavy (non-hydrogen) atoms. The van der Waals surface area contributed by atoms with Crippen molar-refractivity contribution in [3.8, 4) is 5.75 Å². The quantitative estimate of drug-likeness (QED) is 0.625. The van der Waals surface area contributed by atoms with E-state index in [4.69, 9.17) is 5.21 Å². The lowest BCUT2D eigenvalue weighted by Crippen LogP contribution is -2.44. The number of rotatable bonds is 2. The van der Waals surface area contributed by atoms with Gasteiger partial charge in [0.1, 0.15) is 5.75 Å².